The van der Waals surface area contributed by atoms with E-state index in [1.807, 2.05) is 47.9 Å². The van der Waals surface area contributed by atoms with Crippen molar-refractivity contribution in [1.82, 2.24) is 9.97 Å². The molecule has 0 amide bonds. The first-order valence-electron chi connectivity index (χ1n) is 13.0. The largest absolute Gasteiger partial charge is 0.501 e. The Morgan fingerprint density at radius 3 is 2.35 bits per heavy atom. The molecule has 201 valence electrons. The van der Waals surface area contributed by atoms with Gasteiger partial charge in [-0.1, -0.05) is 41.6 Å². The van der Waals surface area contributed by atoms with Crippen LogP contribution >= 0.6 is 11.3 Å². The average molecular weight is 717 g/mol. The number of benzene rings is 3. The molecule has 4 heterocycles. The summed E-state index contributed by atoms with van der Waals surface area (Å²) in [5, 5.41) is 3.60. The summed E-state index contributed by atoms with van der Waals surface area (Å²) in [6.07, 6.45) is 3.71. The van der Waals surface area contributed by atoms with Crippen molar-refractivity contribution in [3.8, 4) is 22.5 Å². The van der Waals surface area contributed by atoms with Crippen molar-refractivity contribution in [3.63, 3.8) is 0 Å². The van der Waals surface area contributed by atoms with Gasteiger partial charge >= 0.3 is 0 Å². The maximum absolute atomic E-state index is 6.23. The van der Waals surface area contributed by atoms with E-state index < -0.39 is 0 Å². The minimum absolute atomic E-state index is 0. The van der Waals surface area contributed by atoms with E-state index in [-0.39, 0.29) is 20.1 Å². The van der Waals surface area contributed by atoms with Gasteiger partial charge in [-0.2, -0.15) is 0 Å². The zero-order chi connectivity index (χ0) is 27.1. The summed E-state index contributed by atoms with van der Waals surface area (Å²) in [4.78, 5) is 10.2. The van der Waals surface area contributed by atoms with Crippen LogP contribution in [0.15, 0.2) is 83.5 Å². The van der Waals surface area contributed by atoms with Crippen molar-refractivity contribution in [2.75, 3.05) is 0 Å². The van der Waals surface area contributed by atoms with Crippen molar-refractivity contribution < 1.29 is 24.5 Å². The zero-order valence-corrected chi connectivity index (χ0v) is 26.3. The molecule has 0 bridgehead atoms. The van der Waals surface area contributed by atoms with Crippen molar-refractivity contribution >= 4 is 43.4 Å². The molecule has 0 atom stereocenters. The smallest absolute Gasteiger partial charge is 0.122 e. The molecule has 0 aliphatic rings. The van der Waals surface area contributed by atoms with Crippen molar-refractivity contribution in [2.45, 2.75) is 34.6 Å². The summed E-state index contributed by atoms with van der Waals surface area (Å²) in [7, 11) is 0. The van der Waals surface area contributed by atoms with Crippen LogP contribution in [0.5, 0.6) is 0 Å². The molecule has 0 saturated heterocycles. The molecule has 3 nitrogen and oxygen atoms in total. The first-order valence-corrected chi connectivity index (χ1v) is 13.8. The van der Waals surface area contributed by atoms with Crippen LogP contribution in [0.2, 0.25) is 0 Å². The average Bonchev–Trinajstić information content (AvgIpc) is 3.45. The predicted molar refractivity (Wildman–Crippen MR) is 163 cm³/mol. The second-order valence-corrected chi connectivity index (χ2v) is 11.2. The van der Waals surface area contributed by atoms with Gasteiger partial charge in [0.15, 0.2) is 0 Å². The van der Waals surface area contributed by atoms with E-state index in [1.165, 1.54) is 37.2 Å². The summed E-state index contributed by atoms with van der Waals surface area (Å²) in [6, 6.07) is 29.1. The molecule has 3 aromatic carbocycles. The second-order valence-electron chi connectivity index (χ2n) is 9.97. The van der Waals surface area contributed by atoms with Gasteiger partial charge < -0.3 is 14.4 Å². The topological polar surface area (TPSA) is 38.9 Å². The standard InChI is InChI=1S/C21H14NOS.C14H14N.Ir/c1-12-13(2)24-20-11-19-17(10-16(12)20)14-6-5-7-15(21(14)23-19)18-8-3-4-9-22-18;1-10-4-6-13(7-5-10)14-8-11(2)12(3)9-15-14;/h3-6,8-11H,1-2H3;4-6,8-9H,1-3H3;/q2*-1;. The normalized spacial score (nSPS) is 10.9. The predicted octanol–water partition coefficient (Wildman–Crippen LogP) is 9.75. The second kappa shape index (κ2) is 11.5. The van der Waals surface area contributed by atoms with Crippen LogP contribution in [-0.2, 0) is 20.1 Å². The molecule has 0 aliphatic carbocycles. The SMILES string of the molecule is Cc1c[c-]c(-c2cc(C)c(C)cn2)cc1.Cc1sc2cc3oc4c(-c5ccccn5)[c-]ccc4c3cc2c1C.[Ir]. The van der Waals surface area contributed by atoms with Gasteiger partial charge in [-0.15, -0.1) is 64.9 Å². The van der Waals surface area contributed by atoms with Crippen LogP contribution in [0.25, 0.3) is 54.5 Å². The van der Waals surface area contributed by atoms with Crippen LogP contribution in [0.4, 0.5) is 0 Å². The van der Waals surface area contributed by atoms with Gasteiger partial charge in [0.2, 0.25) is 0 Å². The number of thiophene rings is 1. The van der Waals surface area contributed by atoms with E-state index in [4.69, 9.17) is 4.42 Å². The number of hydrogen-bond donors (Lipinski definition) is 0. The first kappa shape index (κ1) is 27.9. The van der Waals surface area contributed by atoms with Gasteiger partial charge in [-0.25, -0.2) is 0 Å². The van der Waals surface area contributed by atoms with E-state index in [9.17, 15) is 0 Å². The molecule has 4 aromatic heterocycles. The van der Waals surface area contributed by atoms with Gasteiger partial charge in [0, 0.05) is 47.5 Å². The summed E-state index contributed by atoms with van der Waals surface area (Å²) in [6.45, 7) is 10.6. The van der Waals surface area contributed by atoms with E-state index in [0.29, 0.717) is 0 Å². The molecular formula is C35H28IrN2OS-2. The molecule has 7 aromatic rings. The van der Waals surface area contributed by atoms with Crippen molar-refractivity contribution in [1.29, 1.82) is 0 Å². The van der Waals surface area contributed by atoms with E-state index in [2.05, 4.69) is 93.1 Å². The number of rotatable bonds is 2. The van der Waals surface area contributed by atoms with Crippen molar-refractivity contribution in [2.24, 2.45) is 0 Å². The number of nitrogens with zero attached hydrogens (tertiary/aromatic N) is 2. The number of fused-ring (bicyclic) bond motifs is 4. The fourth-order valence-electron chi connectivity index (χ4n) is 4.71. The molecule has 0 N–H and O–H groups in total. The van der Waals surface area contributed by atoms with Crippen LogP contribution in [-0.4, -0.2) is 9.97 Å². The van der Waals surface area contributed by atoms with Crippen LogP contribution in [0, 0.1) is 46.8 Å². The number of aryl methyl sites for hydroxylation is 5. The van der Waals surface area contributed by atoms with Crippen molar-refractivity contribution in [3.05, 3.63) is 118 Å². The Bertz CT molecular complexity index is 1950. The maximum atomic E-state index is 6.23. The molecule has 1 radical (unpaired) electrons. The van der Waals surface area contributed by atoms with E-state index >= 15 is 0 Å². The van der Waals surface area contributed by atoms with Gasteiger partial charge in [0.25, 0.3) is 0 Å². The summed E-state index contributed by atoms with van der Waals surface area (Å²) in [5.74, 6) is 0. The molecule has 5 heteroatoms. The number of aromatic nitrogens is 2. The van der Waals surface area contributed by atoms with E-state index in [1.54, 1.807) is 6.20 Å². The Morgan fingerprint density at radius 2 is 1.62 bits per heavy atom. The quantitative estimate of drug-likeness (QED) is 0.167. The minimum Gasteiger partial charge on any atom is -0.501 e. The number of pyridine rings is 2. The summed E-state index contributed by atoms with van der Waals surface area (Å²) in [5.41, 5.74) is 10.7. The minimum atomic E-state index is 0. The fraction of sp³-hybridized carbons (Fsp3) is 0.143. The molecule has 0 saturated carbocycles. The van der Waals surface area contributed by atoms with Crippen LogP contribution in [0.3, 0.4) is 0 Å². The molecular weight excluding hydrogens is 689 g/mol. The Hall–Kier alpha value is -3.63. The zero-order valence-electron chi connectivity index (χ0n) is 23.0. The number of hydrogen-bond acceptors (Lipinski definition) is 4. The van der Waals surface area contributed by atoms with Gasteiger partial charge in [-0.05, 0) is 73.8 Å². The molecule has 0 spiro atoms. The number of furan rings is 1. The molecule has 0 aliphatic heterocycles. The maximum Gasteiger partial charge on any atom is 0.122 e. The molecule has 40 heavy (non-hydrogen) atoms. The molecule has 7 rings (SSSR count). The summed E-state index contributed by atoms with van der Waals surface area (Å²) >= 11 is 1.82. The third kappa shape index (κ3) is 5.25. The first-order chi connectivity index (χ1) is 18.9. The van der Waals surface area contributed by atoms with E-state index in [0.717, 1.165) is 44.5 Å². The van der Waals surface area contributed by atoms with Crippen LogP contribution < -0.4 is 0 Å². The van der Waals surface area contributed by atoms with Gasteiger partial charge in [0.1, 0.15) is 5.58 Å². The Balaban J connectivity index is 0.000000175. The fourth-order valence-corrected chi connectivity index (χ4v) is 5.79. The third-order valence-corrected chi connectivity index (χ3v) is 8.44. The van der Waals surface area contributed by atoms with Gasteiger partial charge in [-0.3, -0.25) is 0 Å². The monoisotopic (exact) mass is 717 g/mol. The van der Waals surface area contributed by atoms with Gasteiger partial charge in [0.05, 0.1) is 5.58 Å². The van der Waals surface area contributed by atoms with Crippen LogP contribution in [0.1, 0.15) is 27.1 Å². The molecule has 0 unspecified atom stereocenters. The Labute approximate surface area is 252 Å². The Morgan fingerprint density at radius 1 is 0.775 bits per heavy atom. The summed E-state index contributed by atoms with van der Waals surface area (Å²) < 4.78 is 7.51. The molecule has 0 fully saturated rings. The Kier molecular flexibility index (Phi) is 8.00. The third-order valence-electron chi connectivity index (χ3n) is 7.27.